The predicted molar refractivity (Wildman–Crippen MR) is 51.8 cm³/mol. The molecule has 0 bridgehead atoms. The predicted octanol–water partition coefficient (Wildman–Crippen LogP) is -0.0374. The van der Waals surface area contributed by atoms with Crippen molar-refractivity contribution in [3.8, 4) is 0 Å². The fraction of sp³-hybridized carbons (Fsp3) is 1.00. The van der Waals surface area contributed by atoms with E-state index in [1.54, 1.807) is 0 Å². The Morgan fingerprint density at radius 2 is 1.93 bits per heavy atom. The first-order valence-corrected chi connectivity index (χ1v) is 6.49. The first-order valence-electron chi connectivity index (χ1n) is 4.84. The number of aliphatic hydroxyl groups is 1. The highest BCUT2D eigenvalue weighted by Crippen LogP contribution is 2.46. The van der Waals surface area contributed by atoms with E-state index < -0.39 is 14.6 Å². The van der Waals surface area contributed by atoms with Crippen molar-refractivity contribution in [1.29, 1.82) is 0 Å². The van der Waals surface area contributed by atoms with Crippen LogP contribution in [-0.4, -0.2) is 43.8 Å². The molecule has 0 radical (unpaired) electrons. The summed E-state index contributed by atoms with van der Waals surface area (Å²) in [5.74, 6) is 0.153. The average molecular weight is 220 g/mol. The zero-order valence-electron chi connectivity index (χ0n) is 8.32. The third-order valence-corrected chi connectivity index (χ3v) is 6.13. The van der Waals surface area contributed by atoms with Crippen LogP contribution in [0.5, 0.6) is 0 Å². The second-order valence-electron chi connectivity index (χ2n) is 4.90. The molecule has 0 aromatic heterocycles. The molecule has 14 heavy (non-hydrogen) atoms. The maximum absolute atomic E-state index is 11.9. The Balaban J connectivity index is 2.10. The van der Waals surface area contributed by atoms with E-state index in [0.29, 0.717) is 26.1 Å². The molecule has 2 rings (SSSR count). The second-order valence-corrected chi connectivity index (χ2v) is 7.29. The standard InChI is InChI=1S/C9H16O4S/c1-8(5-13-6-8)7-14(11,12)9(4-10)2-3-9/h10H,2-7H2,1H3. The maximum Gasteiger partial charge on any atom is 0.158 e. The largest absolute Gasteiger partial charge is 0.395 e. The molecule has 0 atom stereocenters. The van der Waals surface area contributed by atoms with Crippen LogP contribution in [0.4, 0.5) is 0 Å². The van der Waals surface area contributed by atoms with E-state index in [1.165, 1.54) is 0 Å². The summed E-state index contributed by atoms with van der Waals surface area (Å²) in [4.78, 5) is 0. The number of hydrogen-bond acceptors (Lipinski definition) is 4. The SMILES string of the molecule is CC1(CS(=O)(=O)C2(CO)CC2)COC1. The van der Waals surface area contributed by atoms with Crippen LogP contribution >= 0.6 is 0 Å². The van der Waals surface area contributed by atoms with E-state index >= 15 is 0 Å². The van der Waals surface area contributed by atoms with E-state index in [0.717, 1.165) is 0 Å². The third-order valence-electron chi connectivity index (χ3n) is 3.20. The molecule has 5 heteroatoms. The summed E-state index contributed by atoms with van der Waals surface area (Å²) < 4.78 is 28.1. The van der Waals surface area contributed by atoms with Crippen molar-refractivity contribution in [3.05, 3.63) is 0 Å². The molecule has 0 spiro atoms. The monoisotopic (exact) mass is 220 g/mol. The Hall–Kier alpha value is -0.130. The zero-order chi connectivity index (χ0) is 10.4. The molecule has 82 valence electrons. The van der Waals surface area contributed by atoms with E-state index in [9.17, 15) is 8.42 Å². The topological polar surface area (TPSA) is 63.6 Å². The number of rotatable bonds is 4. The van der Waals surface area contributed by atoms with Crippen LogP contribution in [0.3, 0.4) is 0 Å². The zero-order valence-corrected chi connectivity index (χ0v) is 9.14. The highest BCUT2D eigenvalue weighted by molar-refractivity contribution is 7.93. The van der Waals surface area contributed by atoms with Gasteiger partial charge in [0.05, 0.1) is 30.3 Å². The van der Waals surface area contributed by atoms with Crippen molar-refractivity contribution < 1.29 is 18.3 Å². The lowest BCUT2D eigenvalue weighted by molar-refractivity contribution is -0.0871. The summed E-state index contributed by atoms with van der Waals surface area (Å²) in [6.45, 7) is 2.73. The van der Waals surface area contributed by atoms with Crippen LogP contribution in [0.1, 0.15) is 19.8 Å². The van der Waals surface area contributed by atoms with Crippen molar-refractivity contribution in [2.24, 2.45) is 5.41 Å². The van der Waals surface area contributed by atoms with E-state index in [2.05, 4.69) is 0 Å². The van der Waals surface area contributed by atoms with Gasteiger partial charge in [0.2, 0.25) is 0 Å². The fourth-order valence-electron chi connectivity index (χ4n) is 1.85. The minimum atomic E-state index is -3.15. The van der Waals surface area contributed by atoms with Gasteiger partial charge in [0.25, 0.3) is 0 Å². The van der Waals surface area contributed by atoms with Gasteiger partial charge in [0.1, 0.15) is 0 Å². The summed E-state index contributed by atoms with van der Waals surface area (Å²) in [5.41, 5.74) is -0.219. The summed E-state index contributed by atoms with van der Waals surface area (Å²) in [5, 5.41) is 9.07. The Bertz CT molecular complexity index is 325. The lowest BCUT2D eigenvalue weighted by Crippen LogP contribution is -2.48. The van der Waals surface area contributed by atoms with Gasteiger partial charge in [-0.3, -0.25) is 0 Å². The average Bonchev–Trinajstić information content (AvgIpc) is 2.80. The molecule has 1 N–H and O–H groups in total. The van der Waals surface area contributed by atoms with Crippen LogP contribution < -0.4 is 0 Å². The van der Waals surface area contributed by atoms with Crippen LogP contribution in [0.25, 0.3) is 0 Å². The van der Waals surface area contributed by atoms with Crippen LogP contribution in [0.15, 0.2) is 0 Å². The molecule has 1 heterocycles. The Morgan fingerprint density at radius 1 is 1.36 bits per heavy atom. The lowest BCUT2D eigenvalue weighted by atomic mass is 9.92. The van der Waals surface area contributed by atoms with E-state index in [-0.39, 0.29) is 17.8 Å². The van der Waals surface area contributed by atoms with Crippen molar-refractivity contribution in [2.45, 2.75) is 24.5 Å². The molecule has 0 aromatic carbocycles. The molecule has 0 amide bonds. The van der Waals surface area contributed by atoms with Gasteiger partial charge in [-0.25, -0.2) is 8.42 Å². The smallest absolute Gasteiger partial charge is 0.158 e. The molecule has 4 nitrogen and oxygen atoms in total. The number of ether oxygens (including phenoxy) is 1. The molecule has 2 fully saturated rings. The molecule has 1 saturated carbocycles. The highest BCUT2D eigenvalue weighted by Gasteiger charge is 2.56. The lowest BCUT2D eigenvalue weighted by Gasteiger charge is -2.38. The fourth-order valence-corrected chi connectivity index (χ4v) is 4.16. The molecular formula is C9H16O4S. The molecule has 0 unspecified atom stereocenters. The first kappa shape index (κ1) is 10.4. The Kier molecular flexibility index (Phi) is 2.18. The number of hydrogen-bond donors (Lipinski definition) is 1. The maximum atomic E-state index is 11.9. The summed E-state index contributed by atoms with van der Waals surface area (Å²) in [6, 6.07) is 0. The van der Waals surface area contributed by atoms with Crippen molar-refractivity contribution in [1.82, 2.24) is 0 Å². The normalized spacial score (nSPS) is 28.1. The Labute approximate surface area is 84.2 Å². The van der Waals surface area contributed by atoms with Crippen molar-refractivity contribution in [2.75, 3.05) is 25.6 Å². The Morgan fingerprint density at radius 3 is 2.21 bits per heavy atom. The second kappa shape index (κ2) is 2.93. The van der Waals surface area contributed by atoms with Gasteiger partial charge < -0.3 is 9.84 Å². The molecule has 1 aliphatic carbocycles. The van der Waals surface area contributed by atoms with Gasteiger partial charge in [-0.15, -0.1) is 0 Å². The van der Waals surface area contributed by atoms with Crippen molar-refractivity contribution >= 4 is 9.84 Å². The molecule has 1 saturated heterocycles. The van der Waals surface area contributed by atoms with Crippen LogP contribution in [0, 0.1) is 5.41 Å². The summed E-state index contributed by atoms with van der Waals surface area (Å²) >= 11 is 0. The quantitative estimate of drug-likeness (QED) is 0.722. The number of aliphatic hydroxyl groups excluding tert-OH is 1. The molecule has 0 aromatic rings. The van der Waals surface area contributed by atoms with Gasteiger partial charge in [-0.05, 0) is 12.8 Å². The van der Waals surface area contributed by atoms with Crippen LogP contribution in [-0.2, 0) is 14.6 Å². The van der Waals surface area contributed by atoms with Crippen LogP contribution in [0.2, 0.25) is 0 Å². The minimum Gasteiger partial charge on any atom is -0.395 e. The molecular weight excluding hydrogens is 204 g/mol. The third kappa shape index (κ3) is 1.47. The van der Waals surface area contributed by atoms with Crippen molar-refractivity contribution in [3.63, 3.8) is 0 Å². The first-order chi connectivity index (χ1) is 6.43. The van der Waals surface area contributed by atoms with Gasteiger partial charge in [-0.2, -0.15) is 0 Å². The number of sulfone groups is 1. The van der Waals surface area contributed by atoms with E-state index in [1.807, 2.05) is 6.92 Å². The minimum absolute atomic E-state index is 0.153. The summed E-state index contributed by atoms with van der Waals surface area (Å²) in [7, 11) is -3.15. The highest BCUT2D eigenvalue weighted by atomic mass is 32.2. The molecule has 1 aliphatic heterocycles. The van der Waals surface area contributed by atoms with Gasteiger partial charge in [0, 0.05) is 5.41 Å². The van der Waals surface area contributed by atoms with Gasteiger partial charge >= 0.3 is 0 Å². The van der Waals surface area contributed by atoms with Gasteiger partial charge in [0.15, 0.2) is 9.84 Å². The molecule has 2 aliphatic rings. The van der Waals surface area contributed by atoms with E-state index in [4.69, 9.17) is 9.84 Å². The van der Waals surface area contributed by atoms with Gasteiger partial charge in [-0.1, -0.05) is 6.92 Å². The summed E-state index contributed by atoms with van der Waals surface area (Å²) in [6.07, 6.45) is 1.23.